The number of carboxylic acid groups (broad SMARTS) is 1. The van der Waals surface area contributed by atoms with E-state index in [4.69, 9.17) is 109 Å². The highest BCUT2D eigenvalue weighted by Crippen LogP contribution is 2.46. The second-order valence-corrected chi connectivity index (χ2v) is 39.5. The number of ether oxygens (including phenoxy) is 21. The van der Waals surface area contributed by atoms with Gasteiger partial charge in [-0.25, -0.2) is 9.36 Å². The van der Waals surface area contributed by atoms with E-state index in [1.54, 1.807) is 21.1 Å². The third-order valence-electron chi connectivity index (χ3n) is 26.1. The number of carbonyl (C=O) groups excluding carboxylic acids is 5. The average Bonchev–Trinajstić information content (AvgIpc) is 0.762. The fourth-order valence-corrected chi connectivity index (χ4v) is 19.0. The van der Waals surface area contributed by atoms with Gasteiger partial charge >= 0.3 is 13.8 Å². The molecule has 0 saturated carbocycles. The zero-order chi connectivity index (χ0) is 109. The van der Waals surface area contributed by atoms with Gasteiger partial charge in [-0.05, 0) is 6.92 Å². The molecule has 34 N–H and O–H groups in total. The number of aliphatic hydroxyl groups excluding tert-OH is 27. The van der Waals surface area contributed by atoms with Crippen LogP contribution in [0.3, 0.4) is 0 Å². The van der Waals surface area contributed by atoms with E-state index in [1.807, 2.05) is 0 Å². The highest BCUT2D eigenvalue weighted by atomic mass is 31.2. The number of nitrogens with zero attached hydrogens (tertiary/aromatic N) is 1. The average molecular weight is 2170 g/mol. The number of hydrogen-bond donors (Lipinski definition) is 34. The van der Waals surface area contributed by atoms with E-state index in [-0.39, 0.29) is 11.0 Å². The number of nitrogens with one attached hydrogen (secondary N) is 5. The Morgan fingerprint density at radius 3 is 1.08 bits per heavy atom. The zero-order valence-electron chi connectivity index (χ0n) is 80.1. The summed E-state index contributed by atoms with van der Waals surface area (Å²) in [6.45, 7) is -5.55. The van der Waals surface area contributed by atoms with Crippen molar-refractivity contribution in [2.24, 2.45) is 0 Å². The predicted molar refractivity (Wildman–Crippen MR) is 457 cm³/mol. The maximum atomic E-state index is 14.0. The van der Waals surface area contributed by atoms with Crippen molar-refractivity contribution in [2.75, 3.05) is 93.8 Å². The van der Waals surface area contributed by atoms with Crippen LogP contribution in [0.2, 0.25) is 0 Å². The Balaban J connectivity index is 0.952. The summed E-state index contributed by atoms with van der Waals surface area (Å²) in [4.78, 5) is 89.2. The van der Waals surface area contributed by atoms with Gasteiger partial charge in [0, 0.05) is 34.6 Å². The largest absolute Gasteiger partial charge is 0.479 e. The van der Waals surface area contributed by atoms with Crippen molar-refractivity contribution in [1.29, 1.82) is 0 Å². The lowest BCUT2D eigenvalue weighted by molar-refractivity contribution is -0.870. The first-order valence-electron chi connectivity index (χ1n) is 46.7. The molecule has 56 atom stereocenters. The number of phosphoric acid groups is 1. The van der Waals surface area contributed by atoms with Crippen LogP contribution in [0.5, 0.6) is 0 Å². The maximum absolute atomic E-state index is 14.0. The quantitative estimate of drug-likeness (QED) is 0.0200. The number of rotatable bonds is 41. The minimum absolute atomic E-state index is 0.00983. The van der Waals surface area contributed by atoms with Crippen LogP contribution in [0.25, 0.3) is 0 Å². The molecule has 0 aliphatic carbocycles. The summed E-state index contributed by atoms with van der Waals surface area (Å²) in [6.07, 6.45) is -111. The molecule has 0 radical (unpaired) electrons. The molecule has 0 aromatic carbocycles. The van der Waals surface area contributed by atoms with Gasteiger partial charge < -0.3 is 278 Å². The highest BCUT2D eigenvalue weighted by Gasteiger charge is 2.64. The van der Waals surface area contributed by atoms with Crippen LogP contribution in [0.4, 0.5) is 0 Å². The molecule has 0 aromatic rings. The van der Waals surface area contributed by atoms with Gasteiger partial charge in [0.25, 0.3) is 0 Å². The van der Waals surface area contributed by atoms with Crippen molar-refractivity contribution >= 4 is 43.3 Å². The summed E-state index contributed by atoms with van der Waals surface area (Å²) in [5.41, 5.74) is 0. The molecule has 11 aliphatic heterocycles. The Hall–Kier alpha value is -5.03. The topological polar surface area (TPSA) is 979 Å². The monoisotopic (exact) mass is 2170 g/mol. The van der Waals surface area contributed by atoms with Gasteiger partial charge in [0.05, 0.1) is 86.7 Å². The van der Waals surface area contributed by atoms with E-state index in [0.717, 1.165) is 34.6 Å². The first-order valence-corrected chi connectivity index (χ1v) is 48.2. The second-order valence-electron chi connectivity index (χ2n) is 38.0. The standard InChI is InChI=1S/C81H137N6O59P/c1-21-41(99)52(110)57(115)76(128-21)124-19-34-62(49(107)36(71(121)129-34)82-22(2)94)138-73-38(84-24(4)96)50(108)61(32(17-93)135-73)140-79-60(118)66(47(105)33(136-79)18-125-80-68(54(112)43(101)28(13-89)133-80)145-72-37(83-23(3)95)48(106)42(100)27(12-88)130-72)143-81-69(55(113)44(102)29(14-90)134-81)146-74-39(85-25(5)97)51(109)63(35(137-74)20-127-147(122,123)126-11-10-87(7,8)9)139-75-40(86-26(6)98)64(45(103)30(15-91)131-75)141-78-59(117)65(46(104)31(16-92)132-78)142-77-58(116)53(111)56(114)67(144-77)70(119)120/h21,27-69,71-81,88-93,99-118,121H,10-20H2,1-9H3,(H6-,82,83,84,85,86,94,95,96,97,98,119,120,122,123)/p+1/t21-,27+,28+,29+,30+,31+,32+,33+,34+,35+,36+,37+,38+,39+,40+,41+,42+,43+,44+,45-,46-,47+,48+,49+,50+,51+,52+,53-,54-,55-,56-,57-,58+,59+,60-,61+,62+,63+,64+,65-,66-,67-,68-,69-,71+,72-,73-,74-,75-,76+,77+,78-,79-,80-,81+/m0/s1. The lowest BCUT2D eigenvalue weighted by atomic mass is 9.93. The first-order chi connectivity index (χ1) is 69.0. The van der Waals surface area contributed by atoms with Gasteiger partial charge in [0.2, 0.25) is 29.5 Å². The van der Waals surface area contributed by atoms with Crippen LogP contribution < -0.4 is 26.6 Å². The smallest absolute Gasteiger partial charge is 0.472 e. The Morgan fingerprint density at radius 1 is 0.279 bits per heavy atom. The molecule has 1 unspecified atom stereocenters. The Labute approximate surface area is 834 Å². The van der Waals surface area contributed by atoms with Crippen LogP contribution in [-0.2, 0) is 142 Å². The summed E-state index contributed by atoms with van der Waals surface area (Å²) in [5.74, 6) is -6.92. The third kappa shape index (κ3) is 28.9. The number of likely N-dealkylation sites (N-methyl/N-ethyl adjacent to an activating group) is 1. The SMILES string of the molecule is CC(=O)N[C@@H]1[C@@H](O)[C@H](O[C@@H]2O[C@H](CO)[C@@H](O[C@@H]3O[C@H](CO[C@H]4O[C@H](CO)[C@@H](O)[C@H](O)[C@@H]4O[C@@H]4O[C@H](CO)[C@@H](O)[C@H](O)[C@H]4NC(C)=O)[C@@H](O)[C@H](O[C@H]4O[C@H](CO)[C@@H](O)[C@H](O)[C@@H]4O[C@@H]4O[C@H](COP(=O)(O)OCC[N+](C)(C)C)[C@@H](O[C@@H]5O[C@H](CO)[C@H](O)[C@H](O[C@@H]6O[C@H](CO)[C@H](O)[C@H](O[C@@H]7O[C@H](C(=O)O)[C@@H](O)[C@H](O)[C@H]7O)[C@H]6O)[C@H]5NC(C)=O)[C@H](O)[C@H]4NC(C)=O)[C@@H]3O)[C@H](O)[C@H]2NC(C)=O)[C@@H](CO[C@@H]2O[C@@H](C)[C@@H](O)[C@@H](O)[C@@H]2O)O[C@H]1O. The van der Waals surface area contributed by atoms with Gasteiger partial charge in [0.1, 0.15) is 269 Å². The number of phosphoric ester groups is 1. The number of quaternary nitrogens is 1. The number of amides is 5. The van der Waals surface area contributed by atoms with Crippen LogP contribution in [0.1, 0.15) is 41.5 Å². The first kappa shape index (κ1) is 122. The Bertz CT molecular complexity index is 4240. The molecule has 0 spiro atoms. The van der Waals surface area contributed by atoms with Crippen molar-refractivity contribution in [3.8, 4) is 0 Å². The van der Waals surface area contributed by atoms with Gasteiger partial charge in [-0.15, -0.1) is 0 Å². The summed E-state index contributed by atoms with van der Waals surface area (Å²) in [6, 6.07) is -10.1. The summed E-state index contributed by atoms with van der Waals surface area (Å²) in [7, 11) is -0.446. The summed E-state index contributed by atoms with van der Waals surface area (Å²) >= 11 is 0. The van der Waals surface area contributed by atoms with Crippen molar-refractivity contribution in [1.82, 2.24) is 26.6 Å². The minimum atomic E-state index is -5.43. The van der Waals surface area contributed by atoms with Crippen LogP contribution >= 0.6 is 7.82 Å². The third-order valence-corrected chi connectivity index (χ3v) is 27.1. The predicted octanol–water partition coefficient (Wildman–Crippen LogP) is -22.3. The molecule has 65 nitrogen and oxygen atoms in total. The fraction of sp³-hybridized carbons (Fsp3) is 0.926. The number of carboxylic acids is 1. The second kappa shape index (κ2) is 52.7. The van der Waals surface area contributed by atoms with Gasteiger partial charge in [-0.2, -0.15) is 0 Å². The van der Waals surface area contributed by atoms with Gasteiger partial charge in [0.15, 0.2) is 75.3 Å². The van der Waals surface area contributed by atoms with Crippen LogP contribution in [0, 0.1) is 0 Å². The lowest BCUT2D eigenvalue weighted by Gasteiger charge is -2.52. The van der Waals surface area contributed by atoms with Gasteiger partial charge in [-0.3, -0.25) is 33.0 Å². The highest BCUT2D eigenvalue weighted by molar-refractivity contribution is 7.47. The fourth-order valence-electron chi connectivity index (χ4n) is 18.3. The van der Waals surface area contributed by atoms with Crippen LogP contribution in [0.15, 0.2) is 0 Å². The molecule has 11 heterocycles. The summed E-state index contributed by atoms with van der Waals surface area (Å²) < 4.78 is 151. The maximum Gasteiger partial charge on any atom is 0.472 e. The molecule has 11 aliphatic rings. The zero-order valence-corrected chi connectivity index (χ0v) is 81.0. The van der Waals surface area contributed by atoms with Crippen LogP contribution in [-0.4, -0.2) is 619 Å². The van der Waals surface area contributed by atoms with Crippen molar-refractivity contribution in [3.05, 3.63) is 0 Å². The minimum Gasteiger partial charge on any atom is -0.479 e. The molecule has 0 bridgehead atoms. The number of carbonyl (C=O) groups is 6. The van der Waals surface area contributed by atoms with Crippen molar-refractivity contribution < 1.29 is 294 Å². The molecule has 850 valence electrons. The normalized spacial score (nSPS) is 46.9. The van der Waals surface area contributed by atoms with Gasteiger partial charge in [-0.1, -0.05) is 0 Å². The van der Waals surface area contributed by atoms with E-state index in [0.29, 0.717) is 0 Å². The Morgan fingerprint density at radius 2 is 0.599 bits per heavy atom. The van der Waals surface area contributed by atoms with E-state index in [2.05, 4.69) is 26.6 Å². The molecule has 147 heavy (non-hydrogen) atoms. The molecule has 66 heteroatoms. The molecular weight excluding hydrogens is 2030 g/mol. The molecule has 5 amide bonds. The molecule has 11 rings (SSSR count). The molecular formula is C81H138N6O59P+. The molecule has 11 fully saturated rings. The number of hydrogen-bond acceptors (Lipinski definition) is 57. The van der Waals surface area contributed by atoms with E-state index >= 15 is 0 Å². The number of aliphatic hydroxyl groups is 27. The van der Waals surface area contributed by atoms with Crippen molar-refractivity contribution in [3.63, 3.8) is 0 Å². The van der Waals surface area contributed by atoms with Crippen molar-refractivity contribution in [2.45, 2.75) is 379 Å². The molecule has 0 aromatic heterocycles. The van der Waals surface area contributed by atoms with E-state index in [1.165, 1.54) is 6.92 Å². The van der Waals surface area contributed by atoms with E-state index in [9.17, 15) is 181 Å². The number of aliphatic carboxylic acids is 1. The summed E-state index contributed by atoms with van der Waals surface area (Å²) in [5, 5.41) is 330. The lowest BCUT2D eigenvalue weighted by Crippen LogP contribution is -2.71. The molecule has 11 saturated heterocycles. The van der Waals surface area contributed by atoms with E-state index < -0.39 is 447 Å². The Kier molecular flexibility index (Phi) is 43.8.